The summed E-state index contributed by atoms with van der Waals surface area (Å²) < 4.78 is 1.82. The van der Waals surface area contributed by atoms with Crippen LogP contribution in [0, 0.1) is 6.92 Å². The number of nitrogens with zero attached hydrogens (tertiary/aromatic N) is 3. The van der Waals surface area contributed by atoms with E-state index >= 15 is 0 Å². The summed E-state index contributed by atoms with van der Waals surface area (Å²) in [6.45, 7) is 8.12. The van der Waals surface area contributed by atoms with Crippen LogP contribution in [0.25, 0.3) is 10.2 Å². The van der Waals surface area contributed by atoms with Gasteiger partial charge in [-0.1, -0.05) is 6.42 Å². The van der Waals surface area contributed by atoms with Crippen molar-refractivity contribution in [1.82, 2.24) is 25.1 Å². The Morgan fingerprint density at radius 1 is 1.21 bits per heavy atom. The normalized spacial score (nSPS) is 17.6. The fourth-order valence-corrected chi connectivity index (χ4v) is 5.08. The number of carbonyl (C=O) groups is 1. The second-order valence-corrected chi connectivity index (χ2v) is 8.38. The zero-order valence-electron chi connectivity index (χ0n) is 16.3. The van der Waals surface area contributed by atoms with E-state index in [1.165, 1.54) is 11.3 Å². The van der Waals surface area contributed by atoms with Crippen molar-refractivity contribution in [2.75, 3.05) is 39.3 Å². The summed E-state index contributed by atoms with van der Waals surface area (Å²) in [5, 5.41) is 6.97. The first-order valence-electron chi connectivity index (χ1n) is 9.89. The van der Waals surface area contributed by atoms with E-state index in [9.17, 15) is 9.59 Å². The first-order valence-corrected chi connectivity index (χ1v) is 10.7. The van der Waals surface area contributed by atoms with E-state index in [0.717, 1.165) is 76.3 Å². The van der Waals surface area contributed by atoms with E-state index in [0.29, 0.717) is 21.6 Å². The van der Waals surface area contributed by atoms with E-state index in [-0.39, 0.29) is 23.9 Å². The van der Waals surface area contributed by atoms with E-state index in [2.05, 4.69) is 15.5 Å². The first kappa shape index (κ1) is 21.2. The van der Waals surface area contributed by atoms with Gasteiger partial charge in [0.1, 0.15) is 10.7 Å². The maximum atomic E-state index is 13.0. The molecule has 0 aromatic carbocycles. The summed E-state index contributed by atoms with van der Waals surface area (Å²) in [6.07, 6.45) is 4.06. The number of piperazine rings is 1. The van der Waals surface area contributed by atoms with Crippen LogP contribution in [-0.4, -0.2) is 59.6 Å². The third-order valence-electron chi connectivity index (χ3n) is 5.54. The Kier molecular flexibility index (Phi) is 7.09. The molecule has 7 nitrogen and oxygen atoms in total. The highest BCUT2D eigenvalue weighted by Gasteiger charge is 2.22. The number of carbonyl (C=O) groups excluding carboxylic acids is 1. The minimum Gasteiger partial charge on any atom is -0.350 e. The fraction of sp³-hybridized carbons (Fsp3) is 0.632. The molecule has 2 aliphatic heterocycles. The van der Waals surface area contributed by atoms with Gasteiger partial charge in [0, 0.05) is 52.2 Å². The van der Waals surface area contributed by atoms with Gasteiger partial charge in [-0.25, -0.2) is 4.98 Å². The molecule has 1 amide bonds. The Hall–Kier alpha value is -1.48. The highest BCUT2D eigenvalue weighted by Crippen LogP contribution is 2.28. The molecule has 0 radical (unpaired) electrons. The van der Waals surface area contributed by atoms with Gasteiger partial charge >= 0.3 is 0 Å². The molecule has 0 unspecified atom stereocenters. The van der Waals surface area contributed by atoms with Crippen LogP contribution in [0.3, 0.4) is 0 Å². The number of nitrogens with one attached hydrogen (secondary N) is 2. The zero-order chi connectivity index (χ0) is 18.8. The molecule has 0 aliphatic carbocycles. The van der Waals surface area contributed by atoms with Gasteiger partial charge in [0.2, 0.25) is 0 Å². The van der Waals surface area contributed by atoms with Gasteiger partial charge in [-0.05, 0) is 25.3 Å². The predicted octanol–water partition coefficient (Wildman–Crippen LogP) is 1.55. The molecule has 0 spiro atoms. The molecule has 0 saturated carbocycles. The maximum absolute atomic E-state index is 13.0. The molecular weight excluding hydrogens is 398 g/mol. The van der Waals surface area contributed by atoms with E-state index in [1.807, 2.05) is 11.5 Å². The highest BCUT2D eigenvalue weighted by atomic mass is 35.5. The van der Waals surface area contributed by atoms with Gasteiger partial charge in [0.15, 0.2) is 0 Å². The lowest BCUT2D eigenvalue weighted by atomic mass is 10.2. The molecule has 2 N–H and O–H groups in total. The van der Waals surface area contributed by atoms with Gasteiger partial charge < -0.3 is 10.6 Å². The molecule has 28 heavy (non-hydrogen) atoms. The van der Waals surface area contributed by atoms with Crippen LogP contribution < -0.4 is 16.2 Å². The second kappa shape index (κ2) is 9.35. The monoisotopic (exact) mass is 425 g/mol. The minimum absolute atomic E-state index is 0. The lowest BCUT2D eigenvalue weighted by Crippen LogP contribution is -2.46. The van der Waals surface area contributed by atoms with Crippen LogP contribution in [-0.2, 0) is 13.0 Å². The molecule has 1 saturated heterocycles. The topological polar surface area (TPSA) is 79.3 Å². The molecule has 9 heteroatoms. The number of hydrogen-bond donors (Lipinski definition) is 2. The van der Waals surface area contributed by atoms with Crippen molar-refractivity contribution in [2.24, 2.45) is 0 Å². The van der Waals surface area contributed by atoms with Crippen molar-refractivity contribution >= 4 is 39.9 Å². The molecule has 1 fully saturated rings. The summed E-state index contributed by atoms with van der Waals surface area (Å²) in [5.74, 6) is 0.780. The van der Waals surface area contributed by atoms with Crippen molar-refractivity contribution in [3.8, 4) is 0 Å². The first-order chi connectivity index (χ1) is 13.1. The van der Waals surface area contributed by atoms with Crippen LogP contribution in [0.2, 0.25) is 0 Å². The number of halogens is 1. The third-order valence-corrected chi connectivity index (χ3v) is 6.73. The van der Waals surface area contributed by atoms with E-state index in [4.69, 9.17) is 4.98 Å². The Morgan fingerprint density at radius 2 is 2.00 bits per heavy atom. The average molecular weight is 426 g/mol. The standard InChI is InChI=1S/C19H27N5O2S.ClH/c1-13-15-18(22-14-5-3-2-4-9-24(14)19(15)26)27-16(13)17(25)21-8-12-23-10-6-20-7-11-23;/h20H,2-12H2,1H3,(H,21,25);1H. The molecule has 4 heterocycles. The highest BCUT2D eigenvalue weighted by molar-refractivity contribution is 7.20. The zero-order valence-corrected chi connectivity index (χ0v) is 17.9. The number of thiophene rings is 1. The third kappa shape index (κ3) is 4.25. The Bertz CT molecular complexity index is 904. The smallest absolute Gasteiger partial charge is 0.262 e. The average Bonchev–Trinajstić information content (AvgIpc) is 2.85. The SMILES string of the molecule is Cc1c(C(=O)NCCN2CCNCC2)sc2nc3n(c(=O)c12)CCCCC3.Cl. The lowest BCUT2D eigenvalue weighted by Gasteiger charge is -2.27. The Morgan fingerprint density at radius 3 is 2.79 bits per heavy atom. The summed E-state index contributed by atoms with van der Waals surface area (Å²) in [7, 11) is 0. The van der Waals surface area contributed by atoms with Crippen molar-refractivity contribution in [3.05, 3.63) is 26.6 Å². The summed E-state index contributed by atoms with van der Waals surface area (Å²) in [4.78, 5) is 34.1. The van der Waals surface area contributed by atoms with Gasteiger partial charge in [0.25, 0.3) is 11.5 Å². The van der Waals surface area contributed by atoms with E-state index < -0.39 is 0 Å². The number of aromatic nitrogens is 2. The molecule has 2 aliphatic rings. The molecular formula is C19H28ClN5O2S. The van der Waals surface area contributed by atoms with E-state index in [1.54, 1.807) is 0 Å². The number of amides is 1. The van der Waals surface area contributed by atoms with Crippen LogP contribution in [0.15, 0.2) is 4.79 Å². The molecule has 2 aromatic rings. The van der Waals surface area contributed by atoms with Crippen LogP contribution >= 0.6 is 23.7 Å². The Balaban J connectivity index is 0.00000225. The predicted molar refractivity (Wildman–Crippen MR) is 115 cm³/mol. The molecule has 4 rings (SSSR count). The quantitative estimate of drug-likeness (QED) is 0.777. The van der Waals surface area contributed by atoms with Gasteiger partial charge in [-0.15, -0.1) is 23.7 Å². The lowest BCUT2D eigenvalue weighted by molar-refractivity contribution is 0.0951. The summed E-state index contributed by atoms with van der Waals surface area (Å²) in [6, 6.07) is 0. The number of rotatable bonds is 4. The van der Waals surface area contributed by atoms with Crippen LogP contribution in [0.1, 0.15) is 40.3 Å². The number of fused-ring (bicyclic) bond motifs is 2. The van der Waals surface area contributed by atoms with Crippen molar-refractivity contribution in [1.29, 1.82) is 0 Å². The Labute approximate surface area is 174 Å². The number of aryl methyl sites for hydroxylation is 2. The van der Waals surface area contributed by atoms with Crippen molar-refractivity contribution in [2.45, 2.75) is 39.2 Å². The largest absolute Gasteiger partial charge is 0.350 e. The number of hydrogen-bond acceptors (Lipinski definition) is 6. The van der Waals surface area contributed by atoms with Gasteiger partial charge in [0.05, 0.1) is 10.3 Å². The molecule has 154 valence electrons. The van der Waals surface area contributed by atoms with Gasteiger partial charge in [-0.3, -0.25) is 19.1 Å². The van der Waals surface area contributed by atoms with Crippen LogP contribution in [0.5, 0.6) is 0 Å². The second-order valence-electron chi connectivity index (χ2n) is 7.38. The molecule has 0 bridgehead atoms. The summed E-state index contributed by atoms with van der Waals surface area (Å²) in [5.41, 5.74) is 0.789. The van der Waals surface area contributed by atoms with Gasteiger partial charge in [-0.2, -0.15) is 0 Å². The molecule has 0 atom stereocenters. The molecule has 2 aromatic heterocycles. The minimum atomic E-state index is -0.0924. The maximum Gasteiger partial charge on any atom is 0.262 e. The summed E-state index contributed by atoms with van der Waals surface area (Å²) >= 11 is 1.35. The fourth-order valence-electron chi connectivity index (χ4n) is 3.97. The van der Waals surface area contributed by atoms with Crippen LogP contribution in [0.4, 0.5) is 0 Å². The van der Waals surface area contributed by atoms with Crippen molar-refractivity contribution in [3.63, 3.8) is 0 Å². The van der Waals surface area contributed by atoms with Crippen molar-refractivity contribution < 1.29 is 4.79 Å².